The lowest BCUT2D eigenvalue weighted by atomic mass is 9.86. The van der Waals surface area contributed by atoms with E-state index in [1.165, 1.54) is 6.08 Å². The van der Waals surface area contributed by atoms with E-state index < -0.39 is 0 Å². The Balaban J connectivity index is 1.49. The molecule has 0 saturated heterocycles. The van der Waals surface area contributed by atoms with Crippen LogP contribution in [-0.4, -0.2) is 26.1 Å². The van der Waals surface area contributed by atoms with E-state index in [0.717, 1.165) is 11.3 Å². The van der Waals surface area contributed by atoms with Crippen molar-refractivity contribution in [3.8, 4) is 17.2 Å². The summed E-state index contributed by atoms with van der Waals surface area (Å²) >= 11 is 0. The molecule has 1 aliphatic carbocycles. The van der Waals surface area contributed by atoms with E-state index in [1.807, 2.05) is 54.6 Å². The van der Waals surface area contributed by atoms with Gasteiger partial charge in [-0.2, -0.15) is 0 Å². The van der Waals surface area contributed by atoms with Gasteiger partial charge in [-0.05, 0) is 61.4 Å². The highest BCUT2D eigenvalue weighted by Crippen LogP contribution is 2.35. The van der Waals surface area contributed by atoms with Gasteiger partial charge in [0.05, 0.1) is 11.2 Å². The Morgan fingerprint density at radius 2 is 1.79 bits per heavy atom. The van der Waals surface area contributed by atoms with Crippen LogP contribution in [0, 0.1) is 0 Å². The Morgan fingerprint density at radius 3 is 2.48 bits per heavy atom. The predicted octanol–water partition coefficient (Wildman–Crippen LogP) is 3.57. The third-order valence-electron chi connectivity index (χ3n) is 5.90. The standard InChI is InChI=1S/C25H23N5O3/c1-2-22(31)28-16-14-18(15-16)29-21-12-13-27-24(26)23(21)30(25(29)32)17-8-10-20(11-9-17)33-19-6-4-3-5-7-19/h2-13,16,18H,1,14-15H2,(H2,26,27)(H,28,31). The number of nitrogens with two attached hydrogens (primary N) is 1. The molecule has 2 heterocycles. The van der Waals surface area contributed by atoms with Gasteiger partial charge in [-0.15, -0.1) is 0 Å². The summed E-state index contributed by atoms with van der Waals surface area (Å²) in [5, 5.41) is 2.88. The highest BCUT2D eigenvalue weighted by atomic mass is 16.5. The number of ether oxygens (including phenoxy) is 1. The number of hydrogen-bond acceptors (Lipinski definition) is 5. The molecule has 0 spiro atoms. The molecule has 0 aliphatic heterocycles. The van der Waals surface area contributed by atoms with Crippen molar-refractivity contribution in [2.45, 2.75) is 24.9 Å². The largest absolute Gasteiger partial charge is 0.457 e. The van der Waals surface area contributed by atoms with Crippen LogP contribution in [0.15, 0.2) is 84.3 Å². The summed E-state index contributed by atoms with van der Waals surface area (Å²) in [6.45, 7) is 3.48. The molecule has 0 bridgehead atoms. The Labute approximate surface area is 189 Å². The number of imidazole rings is 1. The lowest BCUT2D eigenvalue weighted by Gasteiger charge is -2.36. The molecular formula is C25H23N5O3. The molecule has 2 aromatic heterocycles. The maximum atomic E-state index is 13.5. The molecular weight excluding hydrogens is 418 g/mol. The molecule has 8 nitrogen and oxygen atoms in total. The maximum absolute atomic E-state index is 13.5. The fourth-order valence-electron chi connectivity index (χ4n) is 4.25. The monoisotopic (exact) mass is 441 g/mol. The van der Waals surface area contributed by atoms with Crippen molar-refractivity contribution < 1.29 is 9.53 Å². The number of amides is 1. The number of benzene rings is 2. The highest BCUT2D eigenvalue weighted by Gasteiger charge is 2.34. The Hall–Kier alpha value is -4.33. The minimum Gasteiger partial charge on any atom is -0.457 e. The van der Waals surface area contributed by atoms with Crippen molar-refractivity contribution in [2.24, 2.45) is 0 Å². The quantitative estimate of drug-likeness (QED) is 0.445. The number of nitrogen functional groups attached to an aromatic ring is 1. The van der Waals surface area contributed by atoms with E-state index in [1.54, 1.807) is 21.4 Å². The fraction of sp³-hybridized carbons (Fsp3) is 0.160. The van der Waals surface area contributed by atoms with Gasteiger partial charge in [0.2, 0.25) is 5.91 Å². The van der Waals surface area contributed by atoms with Gasteiger partial charge in [0.25, 0.3) is 0 Å². The van der Waals surface area contributed by atoms with Gasteiger partial charge >= 0.3 is 5.69 Å². The van der Waals surface area contributed by atoms with Crippen LogP contribution >= 0.6 is 0 Å². The van der Waals surface area contributed by atoms with Crippen LogP contribution in [0.3, 0.4) is 0 Å². The number of nitrogens with zero attached hydrogens (tertiary/aromatic N) is 3. The van der Waals surface area contributed by atoms with Crippen molar-refractivity contribution in [3.05, 3.63) is 90.0 Å². The number of aromatic nitrogens is 3. The molecule has 1 aliphatic rings. The van der Waals surface area contributed by atoms with Crippen molar-refractivity contribution in [3.63, 3.8) is 0 Å². The third-order valence-corrected chi connectivity index (χ3v) is 5.90. The first-order valence-electron chi connectivity index (χ1n) is 10.7. The van der Waals surface area contributed by atoms with Crippen LogP contribution in [0.2, 0.25) is 0 Å². The topological polar surface area (TPSA) is 104 Å². The summed E-state index contributed by atoms with van der Waals surface area (Å²) < 4.78 is 9.19. The number of hydrogen-bond donors (Lipinski definition) is 2. The number of pyridine rings is 1. The molecule has 0 unspecified atom stereocenters. The molecule has 1 amide bonds. The van der Waals surface area contributed by atoms with Gasteiger partial charge < -0.3 is 15.8 Å². The number of para-hydroxylation sites is 1. The molecule has 0 radical (unpaired) electrons. The van der Waals surface area contributed by atoms with Crippen LogP contribution in [0.25, 0.3) is 16.7 Å². The molecule has 2 aromatic carbocycles. The van der Waals surface area contributed by atoms with Crippen LogP contribution in [0.4, 0.5) is 5.82 Å². The lowest BCUT2D eigenvalue weighted by molar-refractivity contribution is -0.117. The minimum absolute atomic E-state index is 0.0133. The zero-order valence-corrected chi connectivity index (χ0v) is 17.8. The van der Waals surface area contributed by atoms with E-state index in [4.69, 9.17) is 10.5 Å². The second kappa shape index (κ2) is 8.31. The summed E-state index contributed by atoms with van der Waals surface area (Å²) in [6, 6.07) is 18.5. The number of carbonyl (C=O) groups is 1. The van der Waals surface area contributed by atoms with Crippen LogP contribution < -0.4 is 21.5 Å². The first kappa shape index (κ1) is 20.6. The Morgan fingerprint density at radius 1 is 1.09 bits per heavy atom. The number of fused-ring (bicyclic) bond motifs is 1. The number of anilines is 1. The third kappa shape index (κ3) is 3.76. The molecule has 0 atom stereocenters. The molecule has 1 fully saturated rings. The van der Waals surface area contributed by atoms with Crippen molar-refractivity contribution in [1.29, 1.82) is 0 Å². The van der Waals surface area contributed by atoms with Crippen LogP contribution in [-0.2, 0) is 4.79 Å². The van der Waals surface area contributed by atoms with Gasteiger partial charge in [-0.1, -0.05) is 24.8 Å². The van der Waals surface area contributed by atoms with Crippen molar-refractivity contribution >= 4 is 22.8 Å². The van der Waals surface area contributed by atoms with Crippen LogP contribution in [0.1, 0.15) is 18.9 Å². The second-order valence-electron chi connectivity index (χ2n) is 8.00. The van der Waals surface area contributed by atoms with Crippen molar-refractivity contribution in [1.82, 2.24) is 19.4 Å². The van der Waals surface area contributed by atoms with Gasteiger partial charge in [0.15, 0.2) is 0 Å². The average molecular weight is 441 g/mol. The van der Waals surface area contributed by atoms with Crippen LogP contribution in [0.5, 0.6) is 11.5 Å². The van der Waals surface area contributed by atoms with Gasteiger partial charge in [-0.25, -0.2) is 9.78 Å². The molecule has 3 N–H and O–H groups in total. The first-order chi connectivity index (χ1) is 16.0. The molecule has 33 heavy (non-hydrogen) atoms. The zero-order chi connectivity index (χ0) is 22.9. The number of carbonyl (C=O) groups excluding carboxylic acids is 1. The normalized spacial score (nSPS) is 17.3. The Kier molecular flexibility index (Phi) is 5.18. The van der Waals surface area contributed by atoms with E-state index in [2.05, 4.69) is 16.9 Å². The van der Waals surface area contributed by atoms with E-state index in [9.17, 15) is 9.59 Å². The van der Waals surface area contributed by atoms with Gasteiger partial charge in [-0.3, -0.25) is 13.9 Å². The fourth-order valence-corrected chi connectivity index (χ4v) is 4.25. The predicted molar refractivity (Wildman–Crippen MR) is 127 cm³/mol. The lowest BCUT2D eigenvalue weighted by Crippen LogP contribution is -2.46. The van der Waals surface area contributed by atoms with E-state index >= 15 is 0 Å². The van der Waals surface area contributed by atoms with Gasteiger partial charge in [0, 0.05) is 18.3 Å². The van der Waals surface area contributed by atoms with Gasteiger partial charge in [0.1, 0.15) is 22.8 Å². The van der Waals surface area contributed by atoms with E-state index in [0.29, 0.717) is 29.8 Å². The average Bonchev–Trinajstić information content (AvgIpc) is 3.10. The number of rotatable bonds is 6. The Bertz CT molecular complexity index is 1380. The maximum Gasteiger partial charge on any atom is 0.334 e. The summed E-state index contributed by atoms with van der Waals surface area (Å²) in [5.74, 6) is 1.46. The molecule has 4 aromatic rings. The summed E-state index contributed by atoms with van der Waals surface area (Å²) in [6.07, 6.45) is 4.17. The van der Waals surface area contributed by atoms with E-state index in [-0.39, 0.29) is 29.5 Å². The smallest absolute Gasteiger partial charge is 0.334 e. The molecule has 1 saturated carbocycles. The van der Waals surface area contributed by atoms with Crippen molar-refractivity contribution in [2.75, 3.05) is 5.73 Å². The minimum atomic E-state index is -0.209. The summed E-state index contributed by atoms with van der Waals surface area (Å²) in [7, 11) is 0. The number of nitrogens with one attached hydrogen (secondary N) is 1. The molecule has 166 valence electrons. The SMILES string of the molecule is C=CC(=O)NC1CC(n2c(=O)n(-c3ccc(Oc4ccccc4)cc3)c3c(N)nccc32)C1. The summed E-state index contributed by atoms with van der Waals surface area (Å²) in [5.41, 5.74) is 7.96. The molecule has 5 rings (SSSR count). The molecule has 8 heteroatoms. The zero-order valence-electron chi connectivity index (χ0n) is 17.8. The summed E-state index contributed by atoms with van der Waals surface area (Å²) in [4.78, 5) is 29.3. The first-order valence-corrected chi connectivity index (χ1v) is 10.7. The second-order valence-corrected chi connectivity index (χ2v) is 8.00. The highest BCUT2D eigenvalue weighted by molar-refractivity contribution is 5.88.